The molecule has 0 saturated carbocycles. The third-order valence-electron chi connectivity index (χ3n) is 4.43. The van der Waals surface area contributed by atoms with Gasteiger partial charge in [-0.25, -0.2) is 0 Å². The number of hydrogen-bond acceptors (Lipinski definition) is 5. The van der Waals surface area contributed by atoms with E-state index in [9.17, 15) is 4.79 Å². The zero-order valence-corrected chi connectivity index (χ0v) is 22.4. The van der Waals surface area contributed by atoms with Crippen molar-refractivity contribution in [3.8, 4) is 23.0 Å². The fraction of sp³-hybridized carbons (Fsp3) is 0.500. The van der Waals surface area contributed by atoms with Crippen LogP contribution < -0.4 is 24.3 Å². The van der Waals surface area contributed by atoms with Crippen LogP contribution in [0.4, 0.5) is 0 Å². The van der Waals surface area contributed by atoms with Crippen molar-refractivity contribution in [2.75, 3.05) is 26.9 Å². The Kier molecular flexibility index (Phi) is 13.4. The molecule has 2 rings (SSSR count). The van der Waals surface area contributed by atoms with Crippen LogP contribution in [0.25, 0.3) is 0 Å². The van der Waals surface area contributed by atoms with Gasteiger partial charge in [0.25, 0.3) is 0 Å². The van der Waals surface area contributed by atoms with Crippen LogP contribution >= 0.6 is 20.2 Å². The van der Waals surface area contributed by atoms with Crippen LogP contribution in [-0.4, -0.2) is 51.3 Å². The Morgan fingerprint density at radius 2 is 1.35 bits per heavy atom. The summed E-state index contributed by atoms with van der Waals surface area (Å²) in [5.74, 6) is 3.33. The van der Waals surface area contributed by atoms with Gasteiger partial charge in [0.2, 0.25) is 0 Å². The number of benzene rings is 2. The van der Waals surface area contributed by atoms with Gasteiger partial charge in [-0.05, 0) is 38.5 Å². The van der Waals surface area contributed by atoms with E-state index in [-0.39, 0.29) is 33.0 Å². The summed E-state index contributed by atoms with van der Waals surface area (Å²) in [6.07, 6.45) is 0. The van der Waals surface area contributed by atoms with Crippen molar-refractivity contribution < 1.29 is 23.7 Å². The van der Waals surface area contributed by atoms with Gasteiger partial charge in [0.05, 0.1) is 42.8 Å². The molecule has 5 nitrogen and oxygen atoms in total. The van der Waals surface area contributed by atoms with Crippen molar-refractivity contribution in [3.63, 3.8) is 0 Å². The molecule has 0 aliphatic carbocycles. The van der Waals surface area contributed by atoms with Crippen LogP contribution in [0.1, 0.15) is 51.9 Å². The Morgan fingerprint density at radius 1 is 0.853 bits per heavy atom. The number of rotatable bonds is 13. The molecule has 34 heavy (non-hydrogen) atoms. The van der Waals surface area contributed by atoms with Crippen LogP contribution in [0.5, 0.6) is 23.0 Å². The van der Waals surface area contributed by atoms with Crippen molar-refractivity contribution in [1.82, 2.24) is 0 Å². The monoisotopic (exact) mass is 502 g/mol. The summed E-state index contributed by atoms with van der Waals surface area (Å²) < 4.78 is 23.7. The molecule has 0 aliphatic heterocycles. The number of hydrogen-bond donors (Lipinski definition) is 0. The van der Waals surface area contributed by atoms with Gasteiger partial charge in [-0.3, -0.25) is 4.79 Å². The van der Waals surface area contributed by atoms with Crippen molar-refractivity contribution in [2.24, 2.45) is 17.8 Å². The van der Waals surface area contributed by atoms with E-state index in [4.69, 9.17) is 30.5 Å². The average Bonchev–Trinajstić information content (AvgIpc) is 2.75. The van der Waals surface area contributed by atoms with Gasteiger partial charge in [-0.1, -0.05) is 59.2 Å². The molecule has 184 valence electrons. The molecule has 2 aromatic carbocycles. The standard InChI is InChI=1S/C26H36ClO5P.Li.H/c1-16(2)13-30-19-11-22(31-14-17(3)4)25(23(12-19)32-15-18(5)6)33-26(28)24-20(27)9-8-10-21(24)29-7;;/h8-12,16-18,33H,13-15H2,1-7H3;;. The van der Waals surface area contributed by atoms with Crippen LogP contribution in [0.15, 0.2) is 30.3 Å². The van der Waals surface area contributed by atoms with Gasteiger partial charge < -0.3 is 18.9 Å². The van der Waals surface area contributed by atoms with E-state index < -0.39 is 0 Å². The Hall–Kier alpha value is -1.37. The summed E-state index contributed by atoms with van der Waals surface area (Å²) in [5.41, 5.74) is 0.224. The Bertz CT molecular complexity index is 900. The fourth-order valence-electron chi connectivity index (χ4n) is 2.85. The molecule has 0 N–H and O–H groups in total. The van der Waals surface area contributed by atoms with E-state index >= 15 is 0 Å². The predicted molar refractivity (Wildman–Crippen MR) is 145 cm³/mol. The van der Waals surface area contributed by atoms with Gasteiger partial charge >= 0.3 is 18.9 Å². The van der Waals surface area contributed by atoms with E-state index in [0.717, 1.165) is 0 Å². The topological polar surface area (TPSA) is 54.0 Å². The molecule has 8 heteroatoms. The summed E-state index contributed by atoms with van der Waals surface area (Å²) >= 11 is 6.37. The molecule has 1 atom stereocenters. The van der Waals surface area contributed by atoms with Gasteiger partial charge in [0, 0.05) is 12.1 Å². The molecule has 0 aromatic heterocycles. The van der Waals surface area contributed by atoms with Crippen molar-refractivity contribution in [3.05, 3.63) is 40.9 Å². The first-order valence-electron chi connectivity index (χ1n) is 11.3. The van der Waals surface area contributed by atoms with E-state index in [1.54, 1.807) is 18.2 Å². The SMILES string of the molecule is COc1cccc(Cl)c1C(=O)Pc1c(OCC(C)C)cc(OCC(C)C)cc1OCC(C)C.[LiH]. The molecule has 0 spiro atoms. The summed E-state index contributed by atoms with van der Waals surface area (Å²) in [5, 5.41) is 1.07. The van der Waals surface area contributed by atoms with E-state index in [2.05, 4.69) is 41.5 Å². The summed E-state index contributed by atoms with van der Waals surface area (Å²) in [4.78, 5) is 13.4. The first kappa shape index (κ1) is 30.7. The summed E-state index contributed by atoms with van der Waals surface area (Å²) in [6.45, 7) is 14.1. The normalized spacial score (nSPS) is 11.3. The van der Waals surface area contributed by atoms with Gasteiger partial charge in [-0.15, -0.1) is 0 Å². The maximum atomic E-state index is 13.4. The number of carbonyl (C=O) groups excluding carboxylic acids is 1. The average molecular weight is 503 g/mol. The van der Waals surface area contributed by atoms with Crippen LogP contribution in [0.3, 0.4) is 0 Å². The predicted octanol–water partition coefficient (Wildman–Crippen LogP) is 5.95. The Balaban J connectivity index is 0.00000578. The fourth-order valence-corrected chi connectivity index (χ4v) is 4.32. The Labute approximate surface area is 223 Å². The first-order chi connectivity index (χ1) is 15.6. The van der Waals surface area contributed by atoms with E-state index in [1.165, 1.54) is 7.11 Å². The molecule has 0 aliphatic rings. The molecular formula is C26H37ClLiO5P. The second-order valence-corrected chi connectivity index (χ2v) is 10.8. The van der Waals surface area contributed by atoms with Gasteiger partial charge in [-0.2, -0.15) is 0 Å². The molecule has 0 heterocycles. The number of ether oxygens (including phenoxy) is 4. The molecule has 0 amide bonds. The van der Waals surface area contributed by atoms with Crippen LogP contribution in [0.2, 0.25) is 5.02 Å². The first-order valence-corrected chi connectivity index (χ1v) is 12.7. The number of halogens is 1. The molecule has 2 aromatic rings. The molecule has 0 fully saturated rings. The molecule has 1 unspecified atom stereocenters. The number of carbonyl (C=O) groups is 1. The molecule has 0 saturated heterocycles. The van der Waals surface area contributed by atoms with Gasteiger partial charge in [0.15, 0.2) is 5.52 Å². The molecule has 0 radical (unpaired) electrons. The Morgan fingerprint density at radius 3 is 1.82 bits per heavy atom. The third-order valence-corrected chi connectivity index (χ3v) is 5.96. The van der Waals surface area contributed by atoms with Crippen LogP contribution in [-0.2, 0) is 0 Å². The zero-order valence-electron chi connectivity index (χ0n) is 20.7. The molecular weight excluding hydrogens is 466 g/mol. The number of methoxy groups -OCH3 is 1. The summed E-state index contributed by atoms with van der Waals surface area (Å²) in [7, 11) is 1.27. The van der Waals surface area contributed by atoms with Crippen molar-refractivity contribution in [1.29, 1.82) is 0 Å². The zero-order chi connectivity index (χ0) is 24.5. The quantitative estimate of drug-likeness (QED) is 0.250. The second kappa shape index (κ2) is 14.9. The third kappa shape index (κ3) is 9.35. The maximum absolute atomic E-state index is 13.4. The molecule has 0 bridgehead atoms. The van der Waals surface area contributed by atoms with Crippen molar-refractivity contribution >= 4 is 49.9 Å². The van der Waals surface area contributed by atoms with Gasteiger partial charge in [0.1, 0.15) is 23.0 Å². The summed E-state index contributed by atoms with van der Waals surface area (Å²) in [6, 6.07) is 8.89. The van der Waals surface area contributed by atoms with Crippen molar-refractivity contribution in [2.45, 2.75) is 41.5 Å². The van der Waals surface area contributed by atoms with E-state index in [1.807, 2.05) is 12.1 Å². The minimum atomic E-state index is -0.259. The second-order valence-electron chi connectivity index (χ2n) is 9.18. The van der Waals surface area contributed by atoms with Crippen LogP contribution in [0, 0.1) is 17.8 Å². The minimum absolute atomic E-state index is 0. The van der Waals surface area contributed by atoms with E-state index in [0.29, 0.717) is 76.5 Å².